The van der Waals surface area contributed by atoms with E-state index in [1.807, 2.05) is 0 Å². The van der Waals surface area contributed by atoms with Crippen LogP contribution in [0, 0.1) is 5.82 Å². The summed E-state index contributed by atoms with van der Waals surface area (Å²) >= 11 is 3.57. The first-order chi connectivity index (χ1) is 13.1. The van der Waals surface area contributed by atoms with Crippen molar-refractivity contribution in [3.8, 4) is 5.88 Å². The molecule has 0 spiro atoms. The number of rotatable bonds is 1. The zero-order valence-corrected chi connectivity index (χ0v) is 16.2. The predicted molar refractivity (Wildman–Crippen MR) is 104 cm³/mol. The van der Waals surface area contributed by atoms with Crippen molar-refractivity contribution in [2.24, 2.45) is 0 Å². The van der Waals surface area contributed by atoms with E-state index in [1.165, 1.54) is 18.2 Å². The third-order valence-electron chi connectivity index (χ3n) is 4.53. The lowest BCUT2D eigenvalue weighted by atomic mass is 10.2. The Morgan fingerprint density at radius 2 is 1.63 bits per heavy atom. The monoisotopic (exact) mass is 410 g/mol. The number of hydrogen-bond acceptors (Lipinski definition) is 6. The highest BCUT2D eigenvalue weighted by molar-refractivity contribution is 7.99. The molecule has 4 rings (SSSR count). The third kappa shape index (κ3) is 3.86. The van der Waals surface area contributed by atoms with Gasteiger partial charge in [-0.15, -0.1) is 5.10 Å². The van der Waals surface area contributed by atoms with Gasteiger partial charge in [-0.1, -0.05) is 0 Å². The quantitative estimate of drug-likeness (QED) is 0.720. The summed E-state index contributed by atoms with van der Waals surface area (Å²) in [5.41, 5.74) is 0.301. The van der Waals surface area contributed by atoms with Gasteiger partial charge in [0.15, 0.2) is 0 Å². The Labute approximate surface area is 164 Å². The third-order valence-corrected chi connectivity index (χ3v) is 6.41. The standard InChI is InChI=1S/C17H19FN4O3S2/c18-12-1-2-13-14(11-12)22(16(23)20-3-7-26-8-4-20)19-15(13)25-17(24)21-5-9-27-10-6-21/h1-2,11H,3-10H2. The molecule has 0 saturated carbocycles. The highest BCUT2D eigenvalue weighted by Gasteiger charge is 2.26. The van der Waals surface area contributed by atoms with Crippen LogP contribution in [0.25, 0.3) is 10.9 Å². The van der Waals surface area contributed by atoms with Gasteiger partial charge in [-0.2, -0.15) is 28.2 Å². The second kappa shape index (κ2) is 7.97. The molecule has 0 radical (unpaired) electrons. The summed E-state index contributed by atoms with van der Waals surface area (Å²) in [5.74, 6) is 2.99. The Hall–Kier alpha value is -1.94. The molecule has 2 aliphatic rings. The Bertz CT molecular complexity index is 863. The van der Waals surface area contributed by atoms with E-state index in [9.17, 15) is 14.0 Å². The molecule has 0 aliphatic carbocycles. The molecule has 2 aliphatic heterocycles. The van der Waals surface area contributed by atoms with E-state index < -0.39 is 11.9 Å². The fourth-order valence-corrected chi connectivity index (χ4v) is 4.87. The molecular formula is C17H19FN4O3S2. The van der Waals surface area contributed by atoms with Gasteiger partial charge in [-0.3, -0.25) is 0 Å². The molecule has 2 aromatic rings. The second-order valence-corrected chi connectivity index (χ2v) is 8.68. The van der Waals surface area contributed by atoms with E-state index >= 15 is 0 Å². The molecule has 2 fully saturated rings. The summed E-state index contributed by atoms with van der Waals surface area (Å²) in [5, 5.41) is 4.66. The van der Waals surface area contributed by atoms with E-state index in [1.54, 1.807) is 33.3 Å². The average molecular weight is 410 g/mol. The molecule has 144 valence electrons. The van der Waals surface area contributed by atoms with Gasteiger partial charge in [0.25, 0.3) is 5.88 Å². The van der Waals surface area contributed by atoms with Crippen molar-refractivity contribution in [3.63, 3.8) is 0 Å². The highest BCUT2D eigenvalue weighted by atomic mass is 32.2. The van der Waals surface area contributed by atoms with Gasteiger partial charge >= 0.3 is 12.1 Å². The number of aromatic nitrogens is 2. The van der Waals surface area contributed by atoms with Gasteiger partial charge in [0.2, 0.25) is 0 Å². The number of benzene rings is 1. The lowest BCUT2D eigenvalue weighted by molar-refractivity contribution is 0.155. The Kier molecular flexibility index (Phi) is 5.44. The minimum atomic E-state index is -0.493. The fourth-order valence-electron chi connectivity index (χ4n) is 3.06. The normalized spacial score (nSPS) is 18.0. The van der Waals surface area contributed by atoms with Crippen LogP contribution in [0.15, 0.2) is 18.2 Å². The summed E-state index contributed by atoms with van der Waals surface area (Å²) in [7, 11) is 0. The smallest absolute Gasteiger partial charge is 0.389 e. The number of carbonyl (C=O) groups excluding carboxylic acids is 2. The highest BCUT2D eigenvalue weighted by Crippen LogP contribution is 2.27. The van der Waals surface area contributed by atoms with Crippen molar-refractivity contribution < 1.29 is 18.7 Å². The second-order valence-electron chi connectivity index (χ2n) is 6.23. The molecule has 2 amide bonds. The predicted octanol–water partition coefficient (Wildman–Crippen LogP) is 2.74. The molecule has 0 N–H and O–H groups in total. The van der Waals surface area contributed by atoms with E-state index in [2.05, 4.69) is 5.10 Å². The molecule has 10 heteroatoms. The zero-order valence-electron chi connectivity index (χ0n) is 14.6. The molecule has 1 aromatic carbocycles. The molecule has 0 bridgehead atoms. The van der Waals surface area contributed by atoms with Crippen molar-refractivity contribution in [1.29, 1.82) is 0 Å². The number of carbonyl (C=O) groups is 2. The molecule has 27 heavy (non-hydrogen) atoms. The summed E-state index contributed by atoms with van der Waals surface area (Å²) in [6.45, 7) is 2.45. The minimum absolute atomic E-state index is 0.0351. The van der Waals surface area contributed by atoms with Crippen LogP contribution in [-0.2, 0) is 0 Å². The van der Waals surface area contributed by atoms with E-state index in [0.29, 0.717) is 37.1 Å². The molecule has 0 unspecified atom stereocenters. The van der Waals surface area contributed by atoms with Gasteiger partial charge in [-0.05, 0) is 12.1 Å². The first-order valence-corrected chi connectivity index (χ1v) is 11.0. The first-order valence-electron chi connectivity index (χ1n) is 8.73. The van der Waals surface area contributed by atoms with E-state index in [-0.39, 0.29) is 11.9 Å². The summed E-state index contributed by atoms with van der Waals surface area (Å²) in [6.07, 6.45) is -0.493. The first kappa shape index (κ1) is 18.4. The van der Waals surface area contributed by atoms with Crippen LogP contribution in [-0.4, -0.2) is 80.9 Å². The molecule has 1 aromatic heterocycles. The Balaban J connectivity index is 1.64. The largest absolute Gasteiger partial charge is 0.416 e. The topological polar surface area (TPSA) is 67.7 Å². The number of thioether (sulfide) groups is 2. The molecule has 3 heterocycles. The minimum Gasteiger partial charge on any atom is -0.389 e. The van der Waals surface area contributed by atoms with Crippen LogP contribution in [0.1, 0.15) is 0 Å². The number of halogens is 1. The van der Waals surface area contributed by atoms with Gasteiger partial charge in [0.05, 0.1) is 10.9 Å². The van der Waals surface area contributed by atoms with Gasteiger partial charge in [0.1, 0.15) is 5.82 Å². The molecular weight excluding hydrogens is 391 g/mol. The number of nitrogens with zero attached hydrogens (tertiary/aromatic N) is 4. The van der Waals surface area contributed by atoms with Crippen molar-refractivity contribution >= 4 is 46.6 Å². The Morgan fingerprint density at radius 1 is 1.00 bits per heavy atom. The van der Waals surface area contributed by atoms with Crippen LogP contribution >= 0.6 is 23.5 Å². The van der Waals surface area contributed by atoms with Crippen molar-refractivity contribution in [3.05, 3.63) is 24.0 Å². The number of fused-ring (bicyclic) bond motifs is 1. The SMILES string of the molecule is O=C(Oc1nn(C(=O)N2CCSCC2)c2cc(F)ccc12)N1CCSCC1. The molecule has 2 saturated heterocycles. The lowest BCUT2D eigenvalue weighted by Gasteiger charge is -2.26. The van der Waals surface area contributed by atoms with Crippen molar-refractivity contribution in [2.75, 3.05) is 49.2 Å². The Morgan fingerprint density at radius 3 is 2.30 bits per heavy atom. The van der Waals surface area contributed by atoms with Crippen LogP contribution in [0.3, 0.4) is 0 Å². The number of ether oxygens (including phenoxy) is 1. The maximum absolute atomic E-state index is 13.8. The van der Waals surface area contributed by atoms with Gasteiger partial charge < -0.3 is 14.5 Å². The van der Waals surface area contributed by atoms with Crippen molar-refractivity contribution in [1.82, 2.24) is 19.6 Å². The summed E-state index contributed by atoms with van der Waals surface area (Å²) < 4.78 is 20.4. The van der Waals surface area contributed by atoms with Crippen LogP contribution in [0.4, 0.5) is 14.0 Å². The van der Waals surface area contributed by atoms with Crippen LogP contribution < -0.4 is 4.74 Å². The number of hydrogen-bond donors (Lipinski definition) is 0. The summed E-state index contributed by atoms with van der Waals surface area (Å²) in [4.78, 5) is 28.6. The lowest BCUT2D eigenvalue weighted by Crippen LogP contribution is -2.41. The maximum Gasteiger partial charge on any atom is 0.416 e. The van der Waals surface area contributed by atoms with E-state index in [0.717, 1.165) is 27.7 Å². The van der Waals surface area contributed by atoms with Gasteiger partial charge in [0, 0.05) is 55.3 Å². The van der Waals surface area contributed by atoms with E-state index in [4.69, 9.17) is 4.74 Å². The van der Waals surface area contributed by atoms with Crippen molar-refractivity contribution in [2.45, 2.75) is 0 Å². The zero-order chi connectivity index (χ0) is 18.8. The molecule has 0 atom stereocenters. The van der Waals surface area contributed by atoms with Crippen LogP contribution in [0.2, 0.25) is 0 Å². The number of amides is 2. The maximum atomic E-state index is 13.8. The molecule has 7 nitrogen and oxygen atoms in total. The fraction of sp³-hybridized carbons (Fsp3) is 0.471. The van der Waals surface area contributed by atoms with Crippen LogP contribution in [0.5, 0.6) is 5.88 Å². The average Bonchev–Trinajstić information content (AvgIpc) is 3.06. The summed E-state index contributed by atoms with van der Waals surface area (Å²) in [6, 6.07) is 3.67. The van der Waals surface area contributed by atoms with Gasteiger partial charge in [-0.25, -0.2) is 14.0 Å².